The Bertz CT molecular complexity index is 517. The normalized spacial score (nSPS) is 12.3. The van der Waals surface area contributed by atoms with Gasteiger partial charge in [0.1, 0.15) is 0 Å². The summed E-state index contributed by atoms with van der Waals surface area (Å²) in [5, 5.41) is 0. The van der Waals surface area contributed by atoms with Crippen molar-refractivity contribution in [2.75, 3.05) is 38.1 Å². The summed E-state index contributed by atoms with van der Waals surface area (Å²) >= 11 is 0. The van der Waals surface area contributed by atoms with E-state index in [-0.39, 0.29) is 16.3 Å². The predicted molar refractivity (Wildman–Crippen MR) is 90.3 cm³/mol. The zero-order valence-electron chi connectivity index (χ0n) is 14.5. The van der Waals surface area contributed by atoms with Crippen LogP contribution in [0.25, 0.3) is 0 Å². The molecule has 0 heterocycles. The van der Waals surface area contributed by atoms with E-state index in [0.717, 1.165) is 39.0 Å². The number of hydrogen-bond acceptors (Lipinski definition) is 4. The molecule has 0 fully saturated rings. The van der Waals surface area contributed by atoms with E-state index in [9.17, 15) is 9.59 Å². The predicted octanol–water partition coefficient (Wildman–Crippen LogP) is 2.14. The minimum Gasteiger partial charge on any atom is -0.371 e. The number of rotatable bonds is 8. The number of anilines is 1. The first-order valence-corrected chi connectivity index (χ1v) is 8.01. The highest BCUT2D eigenvalue weighted by atomic mass is 16.2. The largest absolute Gasteiger partial charge is 0.371 e. The molecule has 0 saturated carbocycles. The molecule has 1 aromatic carbocycles. The zero-order valence-corrected chi connectivity index (χ0v) is 14.5. The minimum atomic E-state index is -0.314. The van der Waals surface area contributed by atoms with Crippen molar-refractivity contribution in [3.63, 3.8) is 0 Å². The molecule has 0 aromatic heterocycles. The van der Waals surface area contributed by atoms with Crippen molar-refractivity contribution in [2.24, 2.45) is 0 Å². The van der Waals surface area contributed by atoms with Gasteiger partial charge in [0.05, 0.1) is 5.69 Å². The highest BCUT2D eigenvalue weighted by Crippen LogP contribution is 2.27. The summed E-state index contributed by atoms with van der Waals surface area (Å²) in [5.74, 6) is 0. The van der Waals surface area contributed by atoms with Crippen LogP contribution in [-0.2, 0) is 5.41 Å². The Morgan fingerprint density at radius 1 is 0.905 bits per heavy atom. The van der Waals surface area contributed by atoms with E-state index in [0.29, 0.717) is 11.3 Å². The fraction of sp³-hybridized carbons (Fsp3) is 0.765. The molecule has 120 valence electrons. The molecule has 4 nitrogen and oxygen atoms in total. The zero-order chi connectivity index (χ0) is 16.2. The Hall–Kier alpha value is -1.16. The molecule has 0 amide bonds. The van der Waals surface area contributed by atoms with Gasteiger partial charge in [-0.25, -0.2) is 0 Å². The summed E-state index contributed by atoms with van der Waals surface area (Å²) < 4.78 is 0. The quantitative estimate of drug-likeness (QED) is 0.544. The maximum atomic E-state index is 11.8. The standard InChI is InChI=1S/C17H30N2O2/c1-7-19(8-2)12-10-9-11-18(6)14-13(17(3,4)5)15(20)16(14)21/h7-12H2,1-6H3. The lowest BCUT2D eigenvalue weighted by atomic mass is 9.82. The minimum absolute atomic E-state index is 0.254. The molecule has 0 bridgehead atoms. The number of hydrogen-bond donors (Lipinski definition) is 0. The van der Waals surface area contributed by atoms with Crippen molar-refractivity contribution in [2.45, 2.75) is 52.9 Å². The van der Waals surface area contributed by atoms with Gasteiger partial charge in [-0.1, -0.05) is 34.6 Å². The SMILES string of the molecule is CCN(CC)CCCCN(C)c1c(C(C)(C)C)c(=O)c1=O. The Balaban J connectivity index is 2.58. The van der Waals surface area contributed by atoms with Gasteiger partial charge in [-0.3, -0.25) is 9.59 Å². The van der Waals surface area contributed by atoms with E-state index in [4.69, 9.17) is 0 Å². The van der Waals surface area contributed by atoms with Crippen LogP contribution in [0.3, 0.4) is 0 Å². The topological polar surface area (TPSA) is 40.6 Å². The number of unbranched alkanes of at least 4 members (excludes halogenated alkanes) is 1. The van der Waals surface area contributed by atoms with Gasteiger partial charge in [-0.2, -0.15) is 0 Å². The lowest BCUT2D eigenvalue weighted by molar-refractivity contribution is 0.297. The molecule has 0 aliphatic rings. The second-order valence-corrected chi connectivity index (χ2v) is 6.79. The van der Waals surface area contributed by atoms with Gasteiger partial charge in [0, 0.05) is 19.2 Å². The van der Waals surface area contributed by atoms with Crippen LogP contribution >= 0.6 is 0 Å². The van der Waals surface area contributed by atoms with E-state index in [2.05, 4.69) is 18.7 Å². The van der Waals surface area contributed by atoms with Crippen LogP contribution in [-0.4, -0.2) is 38.1 Å². The Morgan fingerprint density at radius 2 is 1.43 bits per heavy atom. The van der Waals surface area contributed by atoms with Crippen molar-refractivity contribution in [1.29, 1.82) is 0 Å². The Labute approximate surface area is 128 Å². The molecule has 0 saturated heterocycles. The van der Waals surface area contributed by atoms with Crippen molar-refractivity contribution in [1.82, 2.24) is 4.90 Å². The second kappa shape index (κ2) is 7.21. The molecule has 1 aromatic rings. The first kappa shape index (κ1) is 17.9. The van der Waals surface area contributed by atoms with Crippen LogP contribution in [0.15, 0.2) is 9.59 Å². The van der Waals surface area contributed by atoms with Gasteiger partial charge in [0.25, 0.3) is 0 Å². The van der Waals surface area contributed by atoms with E-state index in [1.165, 1.54) is 0 Å². The van der Waals surface area contributed by atoms with Gasteiger partial charge in [0.2, 0.25) is 10.9 Å². The van der Waals surface area contributed by atoms with Gasteiger partial charge in [-0.15, -0.1) is 0 Å². The van der Waals surface area contributed by atoms with E-state index < -0.39 is 0 Å². The highest BCUT2D eigenvalue weighted by Gasteiger charge is 2.31. The summed E-state index contributed by atoms with van der Waals surface area (Å²) in [6.45, 7) is 14.4. The van der Waals surface area contributed by atoms with Crippen LogP contribution in [0.2, 0.25) is 0 Å². The van der Waals surface area contributed by atoms with Crippen molar-refractivity contribution in [3.8, 4) is 0 Å². The molecule has 0 aliphatic heterocycles. The second-order valence-electron chi connectivity index (χ2n) is 6.79. The average molecular weight is 294 g/mol. The lowest BCUT2D eigenvalue weighted by Gasteiger charge is -2.29. The first-order valence-electron chi connectivity index (χ1n) is 8.01. The fourth-order valence-corrected chi connectivity index (χ4v) is 2.78. The van der Waals surface area contributed by atoms with Crippen LogP contribution < -0.4 is 15.8 Å². The van der Waals surface area contributed by atoms with Crippen LogP contribution in [0.1, 0.15) is 53.0 Å². The van der Waals surface area contributed by atoms with E-state index in [1.807, 2.05) is 32.7 Å². The van der Waals surface area contributed by atoms with Crippen LogP contribution in [0.4, 0.5) is 5.69 Å². The summed E-state index contributed by atoms with van der Waals surface area (Å²) in [5.41, 5.74) is 0.461. The first-order chi connectivity index (χ1) is 9.73. The molecule has 1 rings (SSSR count). The van der Waals surface area contributed by atoms with Gasteiger partial charge >= 0.3 is 0 Å². The third-order valence-electron chi connectivity index (χ3n) is 4.13. The molecule has 0 radical (unpaired) electrons. The Morgan fingerprint density at radius 3 is 1.90 bits per heavy atom. The lowest BCUT2D eigenvalue weighted by Crippen LogP contribution is -2.46. The molecule has 0 unspecified atom stereocenters. The van der Waals surface area contributed by atoms with Crippen molar-refractivity contribution < 1.29 is 0 Å². The fourth-order valence-electron chi connectivity index (χ4n) is 2.78. The molecular formula is C17H30N2O2. The maximum Gasteiger partial charge on any atom is 0.249 e. The molecule has 0 N–H and O–H groups in total. The smallest absolute Gasteiger partial charge is 0.249 e. The van der Waals surface area contributed by atoms with Gasteiger partial charge < -0.3 is 9.80 Å². The third-order valence-corrected chi connectivity index (χ3v) is 4.13. The van der Waals surface area contributed by atoms with Crippen LogP contribution in [0.5, 0.6) is 0 Å². The Kier molecular flexibility index (Phi) is 6.14. The van der Waals surface area contributed by atoms with Crippen molar-refractivity contribution >= 4 is 5.69 Å². The average Bonchev–Trinajstić information content (AvgIpc) is 2.42. The van der Waals surface area contributed by atoms with E-state index in [1.54, 1.807) is 0 Å². The summed E-state index contributed by atoms with van der Waals surface area (Å²) in [6.07, 6.45) is 2.15. The van der Waals surface area contributed by atoms with E-state index >= 15 is 0 Å². The molecule has 4 heteroatoms. The summed E-state index contributed by atoms with van der Waals surface area (Å²) in [4.78, 5) is 28.0. The monoisotopic (exact) mass is 294 g/mol. The highest BCUT2D eigenvalue weighted by molar-refractivity contribution is 5.60. The van der Waals surface area contributed by atoms with Crippen LogP contribution in [0, 0.1) is 0 Å². The third kappa shape index (κ3) is 4.16. The van der Waals surface area contributed by atoms with Gasteiger partial charge in [0.15, 0.2) is 0 Å². The van der Waals surface area contributed by atoms with Gasteiger partial charge in [-0.05, 0) is 37.9 Å². The van der Waals surface area contributed by atoms with Crippen molar-refractivity contribution in [3.05, 3.63) is 26.0 Å². The molecule has 0 atom stereocenters. The molecular weight excluding hydrogens is 264 g/mol. The summed E-state index contributed by atoms with van der Waals surface area (Å²) in [7, 11) is 1.92. The molecule has 21 heavy (non-hydrogen) atoms. The molecule has 0 aliphatic carbocycles. The maximum absolute atomic E-state index is 11.8. The summed E-state index contributed by atoms with van der Waals surface area (Å²) in [6, 6.07) is 0. The molecule has 0 spiro atoms. The number of nitrogens with zero attached hydrogens (tertiary/aromatic N) is 2.